The molecule has 0 aromatic heterocycles. The van der Waals surface area contributed by atoms with E-state index in [2.05, 4.69) is 4.74 Å². The molecule has 20 heavy (non-hydrogen) atoms. The number of hydrogen-bond acceptors (Lipinski definition) is 6. The van der Waals surface area contributed by atoms with Gasteiger partial charge in [0, 0.05) is 5.56 Å². The third-order valence-corrected chi connectivity index (χ3v) is 2.79. The molecule has 1 saturated heterocycles. The van der Waals surface area contributed by atoms with E-state index in [1.54, 1.807) is 13.0 Å². The Hall–Kier alpha value is -2.08. The molecule has 108 valence electrons. The Morgan fingerprint density at radius 1 is 1.30 bits per heavy atom. The summed E-state index contributed by atoms with van der Waals surface area (Å²) in [5.74, 6) is -0.674. The molecule has 0 unspecified atom stereocenters. The van der Waals surface area contributed by atoms with Crippen molar-refractivity contribution in [2.24, 2.45) is 0 Å². The van der Waals surface area contributed by atoms with Crippen molar-refractivity contribution in [2.75, 3.05) is 26.9 Å². The van der Waals surface area contributed by atoms with Gasteiger partial charge in [0.15, 0.2) is 11.5 Å². The van der Waals surface area contributed by atoms with Crippen LogP contribution in [0.3, 0.4) is 0 Å². The monoisotopic (exact) mass is 280 g/mol. The van der Waals surface area contributed by atoms with E-state index in [1.807, 2.05) is 0 Å². The summed E-state index contributed by atoms with van der Waals surface area (Å²) in [6.45, 7) is 2.87. The Morgan fingerprint density at radius 2 is 2.05 bits per heavy atom. The largest absolute Gasteiger partial charge is 0.493 e. The fourth-order valence-corrected chi connectivity index (χ4v) is 1.68. The van der Waals surface area contributed by atoms with E-state index < -0.39 is 11.8 Å². The highest BCUT2D eigenvalue weighted by Crippen LogP contribution is 2.30. The average Bonchev–Trinajstić information content (AvgIpc) is 2.42. The molecule has 0 radical (unpaired) electrons. The summed E-state index contributed by atoms with van der Waals surface area (Å²) < 4.78 is 20.5. The van der Waals surface area contributed by atoms with Crippen LogP contribution in [0.2, 0.25) is 0 Å². The Morgan fingerprint density at radius 3 is 2.60 bits per heavy atom. The lowest BCUT2D eigenvalue weighted by atomic mass is 10.1. The summed E-state index contributed by atoms with van der Waals surface area (Å²) in [6.07, 6.45) is -0.00416. The second-order valence-electron chi connectivity index (χ2n) is 4.19. The van der Waals surface area contributed by atoms with Crippen molar-refractivity contribution in [3.8, 4) is 11.5 Å². The first-order valence-electron chi connectivity index (χ1n) is 6.29. The first kappa shape index (κ1) is 14.3. The first-order valence-corrected chi connectivity index (χ1v) is 6.29. The summed E-state index contributed by atoms with van der Waals surface area (Å²) in [7, 11) is 1.47. The van der Waals surface area contributed by atoms with Crippen LogP contribution in [0.1, 0.15) is 17.3 Å². The Labute approximate surface area is 116 Å². The quantitative estimate of drug-likeness (QED) is 0.443. The Bertz CT molecular complexity index is 506. The molecule has 2 rings (SSSR count). The van der Waals surface area contributed by atoms with Crippen LogP contribution >= 0.6 is 0 Å². The van der Waals surface area contributed by atoms with Crippen molar-refractivity contribution in [1.82, 2.24) is 0 Å². The number of ether oxygens (including phenoxy) is 4. The average molecular weight is 280 g/mol. The van der Waals surface area contributed by atoms with Gasteiger partial charge in [0.2, 0.25) is 0 Å². The van der Waals surface area contributed by atoms with Gasteiger partial charge in [-0.1, -0.05) is 0 Å². The van der Waals surface area contributed by atoms with Gasteiger partial charge < -0.3 is 18.9 Å². The highest BCUT2D eigenvalue weighted by Gasteiger charge is 2.23. The molecule has 1 aromatic rings. The number of carbonyl (C=O) groups excluding carboxylic acids is 2. The van der Waals surface area contributed by atoms with Gasteiger partial charge in [-0.15, -0.1) is 0 Å². The summed E-state index contributed by atoms with van der Waals surface area (Å²) in [5.41, 5.74) is 0.206. The van der Waals surface area contributed by atoms with Gasteiger partial charge in [-0.25, -0.2) is 4.79 Å². The number of benzene rings is 1. The summed E-state index contributed by atoms with van der Waals surface area (Å²) in [6, 6.07) is 4.58. The van der Waals surface area contributed by atoms with Crippen molar-refractivity contribution in [1.29, 1.82) is 0 Å². The molecule has 1 heterocycles. The van der Waals surface area contributed by atoms with E-state index in [-0.39, 0.29) is 18.3 Å². The molecule has 1 fully saturated rings. The lowest BCUT2D eigenvalue weighted by molar-refractivity contribution is -0.137. The molecule has 0 amide bonds. The van der Waals surface area contributed by atoms with Crippen molar-refractivity contribution in [2.45, 2.75) is 13.0 Å². The molecule has 0 N–H and O–H groups in total. The molecular formula is C14H16O6. The summed E-state index contributed by atoms with van der Waals surface area (Å²) >= 11 is 0. The second-order valence-corrected chi connectivity index (χ2v) is 4.19. The fourth-order valence-electron chi connectivity index (χ4n) is 1.68. The van der Waals surface area contributed by atoms with Crippen molar-refractivity contribution in [3.05, 3.63) is 23.8 Å². The van der Waals surface area contributed by atoms with Crippen LogP contribution in [-0.4, -0.2) is 44.8 Å². The molecule has 0 atom stereocenters. The lowest BCUT2D eigenvalue weighted by Gasteiger charge is -2.27. The van der Waals surface area contributed by atoms with Gasteiger partial charge in [0.1, 0.15) is 6.10 Å². The molecular weight excluding hydrogens is 264 g/mol. The number of esters is 1. The van der Waals surface area contributed by atoms with E-state index >= 15 is 0 Å². The van der Waals surface area contributed by atoms with E-state index in [0.717, 1.165) is 0 Å². The zero-order chi connectivity index (χ0) is 14.5. The molecule has 1 aromatic carbocycles. The van der Waals surface area contributed by atoms with Gasteiger partial charge in [0.25, 0.3) is 5.78 Å². The number of hydrogen-bond donors (Lipinski definition) is 0. The fraction of sp³-hybridized carbons (Fsp3) is 0.429. The lowest BCUT2D eigenvalue weighted by Crippen LogP contribution is -2.38. The van der Waals surface area contributed by atoms with Crippen LogP contribution in [0.4, 0.5) is 0 Å². The zero-order valence-corrected chi connectivity index (χ0v) is 11.4. The van der Waals surface area contributed by atoms with Crippen LogP contribution in [0.15, 0.2) is 18.2 Å². The van der Waals surface area contributed by atoms with Crippen molar-refractivity contribution < 1.29 is 28.5 Å². The van der Waals surface area contributed by atoms with Gasteiger partial charge in [-0.2, -0.15) is 0 Å². The normalized spacial score (nSPS) is 14.3. The van der Waals surface area contributed by atoms with Gasteiger partial charge in [-0.05, 0) is 25.1 Å². The first-order chi connectivity index (χ1) is 9.65. The van der Waals surface area contributed by atoms with Gasteiger partial charge in [0.05, 0.1) is 26.9 Å². The maximum atomic E-state index is 11.8. The predicted octanol–water partition coefficient (Wildman–Crippen LogP) is 1.22. The van der Waals surface area contributed by atoms with Crippen LogP contribution in [0, 0.1) is 0 Å². The second kappa shape index (κ2) is 6.38. The third-order valence-electron chi connectivity index (χ3n) is 2.79. The zero-order valence-electron chi connectivity index (χ0n) is 11.4. The SMILES string of the molecule is CCOC(=O)C(=O)c1ccc(OC2COC2)c(OC)c1. The minimum atomic E-state index is -0.879. The van der Waals surface area contributed by atoms with E-state index in [1.165, 1.54) is 19.2 Å². The molecule has 6 nitrogen and oxygen atoms in total. The standard InChI is InChI=1S/C14H16O6/c1-3-19-14(16)13(15)9-4-5-11(12(6-9)17-2)20-10-7-18-8-10/h4-6,10H,3,7-8H2,1-2H3. The number of methoxy groups -OCH3 is 1. The Balaban J connectivity index is 2.15. The summed E-state index contributed by atoms with van der Waals surface area (Å²) in [5, 5.41) is 0. The predicted molar refractivity (Wildman–Crippen MR) is 69.2 cm³/mol. The summed E-state index contributed by atoms with van der Waals surface area (Å²) in [4.78, 5) is 23.2. The minimum absolute atomic E-state index is 0.00416. The number of carbonyl (C=O) groups is 2. The van der Waals surface area contributed by atoms with Crippen LogP contribution in [0.5, 0.6) is 11.5 Å². The van der Waals surface area contributed by atoms with Gasteiger partial charge in [-0.3, -0.25) is 4.79 Å². The number of rotatable bonds is 6. The number of ketones is 1. The molecule has 0 aliphatic carbocycles. The highest BCUT2D eigenvalue weighted by atomic mass is 16.6. The van der Waals surface area contributed by atoms with Crippen LogP contribution in [0.25, 0.3) is 0 Å². The van der Waals surface area contributed by atoms with E-state index in [9.17, 15) is 9.59 Å². The van der Waals surface area contributed by atoms with Gasteiger partial charge >= 0.3 is 5.97 Å². The Kier molecular flexibility index (Phi) is 4.57. The smallest absolute Gasteiger partial charge is 0.379 e. The van der Waals surface area contributed by atoms with Crippen molar-refractivity contribution >= 4 is 11.8 Å². The molecule has 1 aliphatic heterocycles. The molecule has 6 heteroatoms. The number of Topliss-reactive ketones (excluding diaryl/α,β-unsaturated/α-hetero) is 1. The topological polar surface area (TPSA) is 71.1 Å². The minimum Gasteiger partial charge on any atom is -0.493 e. The van der Waals surface area contributed by atoms with Crippen LogP contribution in [-0.2, 0) is 14.3 Å². The maximum absolute atomic E-state index is 11.8. The molecule has 0 bridgehead atoms. The van der Waals surface area contributed by atoms with Crippen LogP contribution < -0.4 is 9.47 Å². The highest BCUT2D eigenvalue weighted by molar-refractivity contribution is 6.40. The maximum Gasteiger partial charge on any atom is 0.379 e. The molecule has 0 saturated carbocycles. The molecule has 0 spiro atoms. The van der Waals surface area contributed by atoms with E-state index in [4.69, 9.17) is 14.2 Å². The molecule has 1 aliphatic rings. The third kappa shape index (κ3) is 3.08. The van der Waals surface area contributed by atoms with E-state index in [0.29, 0.717) is 24.7 Å². The van der Waals surface area contributed by atoms with Crippen molar-refractivity contribution in [3.63, 3.8) is 0 Å².